The Hall–Kier alpha value is -2.82. The van der Waals surface area contributed by atoms with Crippen LogP contribution in [-0.2, 0) is 11.3 Å². The Morgan fingerprint density at radius 2 is 1.89 bits per heavy atom. The van der Waals surface area contributed by atoms with E-state index in [1.165, 1.54) is 0 Å². The predicted octanol–water partition coefficient (Wildman–Crippen LogP) is 6.47. The molecule has 4 nitrogen and oxygen atoms in total. The number of ether oxygens (including phenoxy) is 1. The van der Waals surface area contributed by atoms with Crippen LogP contribution >= 0.6 is 23.2 Å². The molecule has 0 amide bonds. The Labute approximate surface area is 171 Å². The zero-order valence-corrected chi connectivity index (χ0v) is 16.4. The van der Waals surface area contributed by atoms with Gasteiger partial charge in [0.25, 0.3) is 0 Å². The van der Waals surface area contributed by atoms with E-state index in [0.717, 1.165) is 5.76 Å². The number of nitrogens with zero attached hydrogens (tertiary/aromatic N) is 1. The summed E-state index contributed by atoms with van der Waals surface area (Å²) in [6, 6.07) is 17.8. The molecule has 0 aliphatic rings. The maximum absolute atomic E-state index is 12.8. The summed E-state index contributed by atoms with van der Waals surface area (Å²) in [6.45, 7) is 1.90. The van der Waals surface area contributed by atoms with E-state index in [2.05, 4.69) is 4.98 Å². The third-order valence-corrected chi connectivity index (χ3v) is 4.89. The summed E-state index contributed by atoms with van der Waals surface area (Å²) in [5, 5.41) is 1.69. The molecule has 28 heavy (non-hydrogen) atoms. The molecule has 0 spiro atoms. The summed E-state index contributed by atoms with van der Waals surface area (Å²) >= 11 is 12.1. The van der Waals surface area contributed by atoms with E-state index in [-0.39, 0.29) is 6.61 Å². The van der Waals surface area contributed by atoms with Crippen molar-refractivity contribution in [2.24, 2.45) is 0 Å². The lowest BCUT2D eigenvalue weighted by Crippen LogP contribution is -2.07. The molecule has 140 valence electrons. The molecule has 2 aromatic heterocycles. The Bertz CT molecular complexity index is 1180. The standard InChI is InChI=1S/C22H15Cl2NO3/c1-13-6-9-21(28-13)20-11-17(16-4-2-3-5-19(16)25-20)22(26)27-12-14-7-8-15(23)10-18(14)24/h2-11H,12H2,1H3. The Balaban J connectivity index is 1.69. The van der Waals surface area contributed by atoms with Crippen molar-refractivity contribution >= 4 is 40.1 Å². The van der Waals surface area contributed by atoms with Gasteiger partial charge in [0.1, 0.15) is 18.1 Å². The van der Waals surface area contributed by atoms with Gasteiger partial charge < -0.3 is 9.15 Å². The van der Waals surface area contributed by atoms with Crippen molar-refractivity contribution < 1.29 is 13.9 Å². The van der Waals surface area contributed by atoms with E-state index >= 15 is 0 Å². The number of aryl methyl sites for hydroxylation is 1. The second-order valence-corrected chi connectivity index (χ2v) is 7.14. The molecule has 0 aliphatic carbocycles. The number of rotatable bonds is 4. The fourth-order valence-electron chi connectivity index (χ4n) is 2.90. The first-order chi connectivity index (χ1) is 13.5. The minimum Gasteiger partial charge on any atom is -0.460 e. The minimum atomic E-state index is -0.464. The highest BCUT2D eigenvalue weighted by Crippen LogP contribution is 2.27. The third-order valence-electron chi connectivity index (χ3n) is 4.30. The zero-order valence-electron chi connectivity index (χ0n) is 14.9. The lowest BCUT2D eigenvalue weighted by Gasteiger charge is -2.10. The molecule has 4 aromatic rings. The van der Waals surface area contributed by atoms with Gasteiger partial charge in [0.05, 0.1) is 11.1 Å². The Morgan fingerprint density at radius 1 is 1.07 bits per heavy atom. The lowest BCUT2D eigenvalue weighted by molar-refractivity contribution is 0.0475. The molecule has 0 saturated heterocycles. The van der Waals surface area contributed by atoms with E-state index < -0.39 is 5.97 Å². The summed E-state index contributed by atoms with van der Waals surface area (Å²) in [4.78, 5) is 17.5. The lowest BCUT2D eigenvalue weighted by atomic mass is 10.1. The van der Waals surface area contributed by atoms with Gasteiger partial charge in [0.15, 0.2) is 5.76 Å². The fraction of sp³-hybridized carbons (Fsp3) is 0.0909. The second kappa shape index (κ2) is 7.66. The van der Waals surface area contributed by atoms with Crippen molar-refractivity contribution in [2.45, 2.75) is 13.5 Å². The van der Waals surface area contributed by atoms with E-state index in [9.17, 15) is 4.79 Å². The molecule has 6 heteroatoms. The van der Waals surface area contributed by atoms with Gasteiger partial charge in [-0.2, -0.15) is 0 Å². The smallest absolute Gasteiger partial charge is 0.339 e. The highest BCUT2D eigenvalue weighted by atomic mass is 35.5. The average molecular weight is 412 g/mol. The SMILES string of the molecule is Cc1ccc(-c2cc(C(=O)OCc3ccc(Cl)cc3Cl)c3ccccc3n2)o1. The number of carbonyl (C=O) groups excluding carboxylic acids is 1. The van der Waals surface area contributed by atoms with Crippen LogP contribution in [0.15, 0.2) is 65.1 Å². The second-order valence-electron chi connectivity index (χ2n) is 6.29. The van der Waals surface area contributed by atoms with Crippen LogP contribution < -0.4 is 0 Å². The van der Waals surface area contributed by atoms with Gasteiger partial charge in [0, 0.05) is 21.0 Å². The summed E-state index contributed by atoms with van der Waals surface area (Å²) in [7, 11) is 0. The molecule has 0 bridgehead atoms. The summed E-state index contributed by atoms with van der Waals surface area (Å²) in [5.41, 5.74) is 2.35. The first kappa shape index (κ1) is 18.5. The first-order valence-corrected chi connectivity index (χ1v) is 9.34. The van der Waals surface area contributed by atoms with Gasteiger partial charge in [0.2, 0.25) is 0 Å². The number of benzene rings is 2. The van der Waals surface area contributed by atoms with E-state index in [4.69, 9.17) is 32.4 Å². The molecule has 0 fully saturated rings. The van der Waals surface area contributed by atoms with E-state index in [1.807, 2.05) is 43.3 Å². The third kappa shape index (κ3) is 3.75. The van der Waals surface area contributed by atoms with Gasteiger partial charge >= 0.3 is 5.97 Å². The molecule has 0 aliphatic heterocycles. The predicted molar refractivity (Wildman–Crippen MR) is 110 cm³/mol. The van der Waals surface area contributed by atoms with Crippen molar-refractivity contribution in [3.63, 3.8) is 0 Å². The fourth-order valence-corrected chi connectivity index (χ4v) is 3.37. The molecule has 0 atom stereocenters. The largest absolute Gasteiger partial charge is 0.460 e. The molecule has 0 saturated carbocycles. The molecule has 0 N–H and O–H groups in total. The van der Waals surface area contributed by atoms with Crippen molar-refractivity contribution in [1.29, 1.82) is 0 Å². The number of hydrogen-bond acceptors (Lipinski definition) is 4. The average Bonchev–Trinajstić information content (AvgIpc) is 3.12. The normalized spacial score (nSPS) is 11.0. The monoisotopic (exact) mass is 411 g/mol. The Morgan fingerprint density at radius 3 is 2.64 bits per heavy atom. The van der Waals surface area contributed by atoms with E-state index in [0.29, 0.717) is 43.5 Å². The van der Waals surface area contributed by atoms with Crippen LogP contribution in [-0.4, -0.2) is 11.0 Å². The van der Waals surface area contributed by atoms with Gasteiger partial charge in [-0.25, -0.2) is 9.78 Å². The minimum absolute atomic E-state index is 0.0423. The van der Waals surface area contributed by atoms with Crippen molar-refractivity contribution in [3.05, 3.63) is 87.6 Å². The molecule has 2 aromatic carbocycles. The van der Waals surface area contributed by atoms with Crippen LogP contribution in [0.25, 0.3) is 22.4 Å². The van der Waals surface area contributed by atoms with Crippen LogP contribution in [0.3, 0.4) is 0 Å². The van der Waals surface area contributed by atoms with Crippen LogP contribution in [0.4, 0.5) is 0 Å². The van der Waals surface area contributed by atoms with Crippen LogP contribution in [0.1, 0.15) is 21.7 Å². The number of esters is 1. The highest BCUT2D eigenvalue weighted by Gasteiger charge is 2.17. The summed E-state index contributed by atoms with van der Waals surface area (Å²) in [5.74, 6) is 0.902. The van der Waals surface area contributed by atoms with Gasteiger partial charge in [-0.15, -0.1) is 0 Å². The molecular weight excluding hydrogens is 397 g/mol. The number of fused-ring (bicyclic) bond motifs is 1. The molecule has 2 heterocycles. The number of carbonyl (C=O) groups is 1. The first-order valence-electron chi connectivity index (χ1n) is 8.59. The molecule has 0 unspecified atom stereocenters. The van der Waals surface area contributed by atoms with Crippen LogP contribution in [0.5, 0.6) is 0 Å². The number of hydrogen-bond donors (Lipinski definition) is 0. The maximum Gasteiger partial charge on any atom is 0.339 e. The molecular formula is C22H15Cl2NO3. The summed E-state index contributed by atoms with van der Waals surface area (Å²) < 4.78 is 11.2. The Kier molecular flexibility index (Phi) is 5.07. The van der Waals surface area contributed by atoms with Gasteiger partial charge in [-0.3, -0.25) is 0 Å². The van der Waals surface area contributed by atoms with Crippen molar-refractivity contribution in [3.8, 4) is 11.5 Å². The van der Waals surface area contributed by atoms with E-state index in [1.54, 1.807) is 24.3 Å². The molecule has 4 rings (SSSR count). The number of furan rings is 1. The highest BCUT2D eigenvalue weighted by molar-refractivity contribution is 6.35. The summed E-state index contributed by atoms with van der Waals surface area (Å²) in [6.07, 6.45) is 0. The number of halogens is 2. The molecule has 0 radical (unpaired) electrons. The maximum atomic E-state index is 12.8. The number of pyridine rings is 1. The quantitative estimate of drug-likeness (QED) is 0.361. The van der Waals surface area contributed by atoms with Crippen LogP contribution in [0, 0.1) is 6.92 Å². The van der Waals surface area contributed by atoms with Crippen molar-refractivity contribution in [1.82, 2.24) is 4.98 Å². The van der Waals surface area contributed by atoms with Crippen LogP contribution in [0.2, 0.25) is 10.0 Å². The zero-order chi connectivity index (χ0) is 19.7. The van der Waals surface area contributed by atoms with Crippen molar-refractivity contribution in [2.75, 3.05) is 0 Å². The van der Waals surface area contributed by atoms with Gasteiger partial charge in [-0.05, 0) is 43.3 Å². The number of aromatic nitrogens is 1. The topological polar surface area (TPSA) is 52.3 Å². The number of para-hydroxylation sites is 1. The van der Waals surface area contributed by atoms with Gasteiger partial charge in [-0.1, -0.05) is 47.5 Å².